The van der Waals surface area contributed by atoms with E-state index in [9.17, 15) is 4.79 Å². The molecule has 3 heterocycles. The van der Waals surface area contributed by atoms with E-state index in [4.69, 9.17) is 9.47 Å². The maximum Gasteiger partial charge on any atom is 0.253 e. The minimum absolute atomic E-state index is 0.0398. The van der Waals surface area contributed by atoms with Crippen molar-refractivity contribution in [3.05, 3.63) is 82.0 Å². The van der Waals surface area contributed by atoms with Crippen molar-refractivity contribution in [2.24, 2.45) is 0 Å². The molecule has 1 aliphatic rings. The van der Waals surface area contributed by atoms with Crippen molar-refractivity contribution in [1.82, 2.24) is 9.55 Å². The summed E-state index contributed by atoms with van der Waals surface area (Å²) in [5, 5.41) is 3.30. The summed E-state index contributed by atoms with van der Waals surface area (Å²) in [6.07, 6.45) is 3.50. The number of benzene rings is 1. The monoisotopic (exact) mass is 349 g/mol. The first-order chi connectivity index (χ1) is 12.7. The lowest BCUT2D eigenvalue weighted by Crippen LogP contribution is -2.22. The van der Waals surface area contributed by atoms with E-state index in [1.807, 2.05) is 43.3 Å². The highest BCUT2D eigenvalue weighted by atomic mass is 16.7. The Morgan fingerprint density at radius 2 is 2.00 bits per heavy atom. The van der Waals surface area contributed by atoms with Crippen molar-refractivity contribution in [2.45, 2.75) is 20.0 Å². The van der Waals surface area contributed by atoms with Gasteiger partial charge < -0.3 is 19.4 Å². The van der Waals surface area contributed by atoms with Crippen molar-refractivity contribution >= 4 is 5.69 Å². The first-order valence-electron chi connectivity index (χ1n) is 8.42. The fraction of sp³-hybridized carbons (Fsp3) is 0.200. The lowest BCUT2D eigenvalue weighted by atomic mass is 10.2. The molecule has 0 aliphatic carbocycles. The van der Waals surface area contributed by atoms with Gasteiger partial charge in [-0.2, -0.15) is 0 Å². The molecule has 0 saturated heterocycles. The zero-order valence-electron chi connectivity index (χ0n) is 14.4. The van der Waals surface area contributed by atoms with Crippen molar-refractivity contribution < 1.29 is 9.47 Å². The Balaban J connectivity index is 1.48. The van der Waals surface area contributed by atoms with Crippen LogP contribution in [0.15, 0.2) is 59.7 Å². The van der Waals surface area contributed by atoms with Crippen LogP contribution in [-0.4, -0.2) is 16.3 Å². The Morgan fingerprint density at radius 1 is 1.12 bits per heavy atom. The highest BCUT2D eigenvalue weighted by molar-refractivity contribution is 5.47. The molecular weight excluding hydrogens is 330 g/mol. The molecule has 0 amide bonds. The molecule has 6 nitrogen and oxygen atoms in total. The molecule has 2 aromatic heterocycles. The third-order valence-corrected chi connectivity index (χ3v) is 4.33. The average Bonchev–Trinajstić information content (AvgIpc) is 3.12. The standard InChI is InChI=1S/C20H19N3O3/c1-14-7-17(9-20(24)23(14)12-16-3-2-6-21-10-16)22-11-15-4-5-18-19(8-15)26-13-25-18/h2-10,22H,11-13H2,1H3. The Hall–Kier alpha value is -3.28. The third-order valence-electron chi connectivity index (χ3n) is 4.33. The van der Waals surface area contributed by atoms with Crippen LogP contribution >= 0.6 is 0 Å². The van der Waals surface area contributed by atoms with Gasteiger partial charge in [0.05, 0.1) is 6.54 Å². The first kappa shape index (κ1) is 16.2. The van der Waals surface area contributed by atoms with Gasteiger partial charge in [0, 0.05) is 36.4 Å². The number of aromatic nitrogens is 2. The highest BCUT2D eigenvalue weighted by Crippen LogP contribution is 2.32. The second-order valence-corrected chi connectivity index (χ2v) is 6.21. The normalized spacial score (nSPS) is 12.2. The molecule has 0 radical (unpaired) electrons. The van der Waals surface area contributed by atoms with Gasteiger partial charge in [-0.3, -0.25) is 9.78 Å². The van der Waals surface area contributed by atoms with Gasteiger partial charge in [-0.05, 0) is 42.3 Å². The molecule has 3 aromatic rings. The van der Waals surface area contributed by atoms with E-state index in [0.29, 0.717) is 13.1 Å². The molecule has 4 rings (SSSR count). The van der Waals surface area contributed by atoms with E-state index in [0.717, 1.165) is 34.0 Å². The summed E-state index contributed by atoms with van der Waals surface area (Å²) in [5.74, 6) is 1.52. The molecule has 1 N–H and O–H groups in total. The van der Waals surface area contributed by atoms with Gasteiger partial charge in [-0.15, -0.1) is 0 Å². The number of hydrogen-bond acceptors (Lipinski definition) is 5. The number of aryl methyl sites for hydroxylation is 1. The van der Waals surface area contributed by atoms with Gasteiger partial charge in [0.1, 0.15) is 0 Å². The van der Waals surface area contributed by atoms with Crippen molar-refractivity contribution in [2.75, 3.05) is 12.1 Å². The van der Waals surface area contributed by atoms with Crippen molar-refractivity contribution in [3.63, 3.8) is 0 Å². The number of rotatable bonds is 5. The van der Waals surface area contributed by atoms with Gasteiger partial charge in [0.15, 0.2) is 11.5 Å². The van der Waals surface area contributed by atoms with E-state index in [2.05, 4.69) is 10.3 Å². The summed E-state index contributed by atoms with van der Waals surface area (Å²) in [6, 6.07) is 13.3. The molecule has 1 aliphatic heterocycles. The van der Waals surface area contributed by atoms with Crippen LogP contribution in [0.2, 0.25) is 0 Å². The highest BCUT2D eigenvalue weighted by Gasteiger charge is 2.13. The third kappa shape index (κ3) is 3.39. The first-order valence-corrected chi connectivity index (χ1v) is 8.42. The molecular formula is C20H19N3O3. The fourth-order valence-electron chi connectivity index (χ4n) is 2.96. The summed E-state index contributed by atoms with van der Waals surface area (Å²) in [5.41, 5.74) is 3.72. The van der Waals surface area contributed by atoms with Crippen LogP contribution in [0.25, 0.3) is 0 Å². The number of fused-ring (bicyclic) bond motifs is 1. The van der Waals surface area contributed by atoms with Crippen molar-refractivity contribution in [1.29, 1.82) is 0 Å². The zero-order chi connectivity index (χ0) is 17.9. The number of ether oxygens (including phenoxy) is 2. The van der Waals surface area contributed by atoms with Crippen LogP contribution in [0.3, 0.4) is 0 Å². The maximum atomic E-state index is 12.5. The number of nitrogens with zero attached hydrogens (tertiary/aromatic N) is 2. The van der Waals surface area contributed by atoms with Gasteiger partial charge in [0.2, 0.25) is 6.79 Å². The minimum atomic E-state index is -0.0398. The van der Waals surface area contributed by atoms with Crippen LogP contribution in [0.5, 0.6) is 11.5 Å². The summed E-state index contributed by atoms with van der Waals surface area (Å²) in [7, 11) is 0. The Bertz CT molecular complexity index is 983. The van der Waals surface area contributed by atoms with Crippen LogP contribution < -0.4 is 20.3 Å². The minimum Gasteiger partial charge on any atom is -0.454 e. The van der Waals surface area contributed by atoms with E-state index >= 15 is 0 Å². The predicted octanol–water partition coefficient (Wildman–Crippen LogP) is 2.94. The second kappa shape index (κ2) is 6.92. The zero-order valence-corrected chi connectivity index (χ0v) is 14.4. The maximum absolute atomic E-state index is 12.5. The quantitative estimate of drug-likeness (QED) is 0.767. The molecule has 6 heteroatoms. The van der Waals surface area contributed by atoms with E-state index in [-0.39, 0.29) is 12.4 Å². The number of pyridine rings is 2. The van der Waals surface area contributed by atoms with E-state index < -0.39 is 0 Å². The van der Waals surface area contributed by atoms with Gasteiger partial charge in [0.25, 0.3) is 5.56 Å². The summed E-state index contributed by atoms with van der Waals surface area (Å²) in [4.78, 5) is 16.6. The van der Waals surface area contributed by atoms with Crippen molar-refractivity contribution in [3.8, 4) is 11.5 Å². The lowest BCUT2D eigenvalue weighted by Gasteiger charge is -2.13. The van der Waals surface area contributed by atoms with Gasteiger partial charge >= 0.3 is 0 Å². The topological polar surface area (TPSA) is 65.4 Å². The second-order valence-electron chi connectivity index (χ2n) is 6.21. The SMILES string of the molecule is Cc1cc(NCc2ccc3c(c2)OCO3)cc(=O)n1Cc1cccnc1. The number of nitrogens with one attached hydrogen (secondary N) is 1. The van der Waals surface area contributed by atoms with Crippen LogP contribution in [0, 0.1) is 6.92 Å². The summed E-state index contributed by atoms with van der Waals surface area (Å²) < 4.78 is 12.5. The van der Waals surface area contributed by atoms with Gasteiger partial charge in [-0.25, -0.2) is 0 Å². The van der Waals surface area contributed by atoms with E-state index in [1.54, 1.807) is 23.0 Å². The van der Waals surface area contributed by atoms with Crippen LogP contribution in [0.1, 0.15) is 16.8 Å². The van der Waals surface area contributed by atoms with Gasteiger partial charge in [-0.1, -0.05) is 12.1 Å². The Labute approximate surface area is 151 Å². The Morgan fingerprint density at radius 3 is 2.81 bits per heavy atom. The van der Waals surface area contributed by atoms with Crippen LogP contribution in [-0.2, 0) is 13.1 Å². The summed E-state index contributed by atoms with van der Waals surface area (Å²) >= 11 is 0. The Kier molecular flexibility index (Phi) is 4.31. The molecule has 132 valence electrons. The molecule has 0 unspecified atom stereocenters. The summed E-state index contributed by atoms with van der Waals surface area (Å²) in [6.45, 7) is 3.31. The fourth-order valence-corrected chi connectivity index (χ4v) is 2.96. The molecule has 26 heavy (non-hydrogen) atoms. The molecule has 0 saturated carbocycles. The molecule has 0 spiro atoms. The van der Waals surface area contributed by atoms with E-state index in [1.165, 1.54) is 0 Å². The largest absolute Gasteiger partial charge is 0.454 e. The molecule has 0 fully saturated rings. The van der Waals surface area contributed by atoms with Crippen LogP contribution in [0.4, 0.5) is 5.69 Å². The number of anilines is 1. The smallest absolute Gasteiger partial charge is 0.253 e. The average molecular weight is 349 g/mol. The molecule has 0 atom stereocenters. The lowest BCUT2D eigenvalue weighted by molar-refractivity contribution is 0.174. The molecule has 1 aromatic carbocycles. The number of hydrogen-bond donors (Lipinski definition) is 1. The molecule has 0 bridgehead atoms. The predicted molar refractivity (Wildman–Crippen MR) is 98.7 cm³/mol.